The molecule has 1 aliphatic rings. The normalized spacial score (nSPS) is 16.2. The summed E-state index contributed by atoms with van der Waals surface area (Å²) in [5, 5.41) is 12.3. The minimum Gasteiger partial charge on any atom is -0.508 e. The second-order valence-corrected chi connectivity index (χ2v) is 10.8. The Kier molecular flexibility index (Phi) is 6.16. The number of phenolic OH excluding ortho intramolecular Hbond substituents is 1. The van der Waals surface area contributed by atoms with E-state index in [1.807, 2.05) is 24.3 Å². The van der Waals surface area contributed by atoms with Crippen molar-refractivity contribution in [3.8, 4) is 5.75 Å². The van der Waals surface area contributed by atoms with Gasteiger partial charge in [0.15, 0.2) is 0 Å². The Labute approximate surface area is 203 Å². The number of benzene rings is 3. The van der Waals surface area contributed by atoms with Crippen LogP contribution in [0.15, 0.2) is 60.7 Å². The summed E-state index contributed by atoms with van der Waals surface area (Å²) in [5.74, 6) is 0.000986. The van der Waals surface area contributed by atoms with Crippen molar-refractivity contribution in [2.75, 3.05) is 5.32 Å². The number of nitrogens with one attached hydrogen (secondary N) is 1. The molecule has 0 aliphatic heterocycles. The maximum Gasteiger partial charge on any atom is 0.255 e. The van der Waals surface area contributed by atoms with Crippen LogP contribution in [0.4, 0.5) is 5.69 Å². The summed E-state index contributed by atoms with van der Waals surface area (Å²) in [6.45, 7) is 13.9. The van der Waals surface area contributed by atoms with Crippen molar-refractivity contribution in [1.82, 2.24) is 0 Å². The largest absolute Gasteiger partial charge is 0.508 e. The summed E-state index contributed by atoms with van der Waals surface area (Å²) < 4.78 is 0. The van der Waals surface area contributed by atoms with Gasteiger partial charge >= 0.3 is 0 Å². The SMILES string of the molecule is CCc1cc2c(cc1/C(C)=C/c1ccc(C(=O)Nc3ccc(O)cc3)cc1)C(C)(C)CC2(C)C. The lowest BCUT2D eigenvalue weighted by Gasteiger charge is -2.22. The maximum absolute atomic E-state index is 12.6. The summed E-state index contributed by atoms with van der Waals surface area (Å²) in [6.07, 6.45) is 4.37. The minimum atomic E-state index is -0.172. The quantitative estimate of drug-likeness (QED) is 0.307. The lowest BCUT2D eigenvalue weighted by Crippen LogP contribution is -2.18. The number of aryl methyl sites for hydroxylation is 1. The molecule has 1 aliphatic carbocycles. The van der Waals surface area contributed by atoms with Gasteiger partial charge in [-0.1, -0.05) is 65.0 Å². The molecule has 2 N–H and O–H groups in total. The van der Waals surface area contributed by atoms with Crippen LogP contribution in [0, 0.1) is 0 Å². The zero-order valence-corrected chi connectivity index (χ0v) is 21.1. The molecule has 176 valence electrons. The monoisotopic (exact) mass is 453 g/mol. The lowest BCUT2D eigenvalue weighted by atomic mass is 9.82. The first-order chi connectivity index (χ1) is 16.0. The number of fused-ring (bicyclic) bond motifs is 1. The summed E-state index contributed by atoms with van der Waals surface area (Å²) in [5.41, 5.74) is 9.61. The van der Waals surface area contributed by atoms with Crippen molar-refractivity contribution in [2.24, 2.45) is 0 Å². The minimum absolute atomic E-state index is 0.172. The van der Waals surface area contributed by atoms with E-state index < -0.39 is 0 Å². The predicted octanol–water partition coefficient (Wildman–Crippen LogP) is 7.73. The Balaban J connectivity index is 1.59. The van der Waals surface area contributed by atoms with Crippen molar-refractivity contribution in [3.63, 3.8) is 0 Å². The molecule has 3 aromatic rings. The Bertz CT molecular complexity index is 1250. The number of hydrogen-bond acceptors (Lipinski definition) is 2. The second kappa shape index (κ2) is 8.79. The molecule has 0 saturated carbocycles. The molecule has 0 spiro atoms. The highest BCUT2D eigenvalue weighted by Gasteiger charge is 2.42. The van der Waals surface area contributed by atoms with E-state index in [2.05, 4.69) is 65.1 Å². The first-order valence-corrected chi connectivity index (χ1v) is 12.1. The highest BCUT2D eigenvalue weighted by atomic mass is 16.3. The molecular weight excluding hydrogens is 418 g/mol. The van der Waals surface area contributed by atoms with E-state index in [1.54, 1.807) is 24.3 Å². The van der Waals surface area contributed by atoms with E-state index >= 15 is 0 Å². The van der Waals surface area contributed by atoms with Crippen LogP contribution in [0.5, 0.6) is 5.75 Å². The molecule has 3 nitrogen and oxygen atoms in total. The molecule has 0 fully saturated rings. The van der Waals surface area contributed by atoms with Gasteiger partial charge in [0, 0.05) is 11.3 Å². The number of carbonyl (C=O) groups is 1. The van der Waals surface area contributed by atoms with Crippen molar-refractivity contribution in [3.05, 3.63) is 94.0 Å². The van der Waals surface area contributed by atoms with Gasteiger partial charge in [-0.05, 0) is 100 Å². The van der Waals surface area contributed by atoms with Gasteiger partial charge < -0.3 is 10.4 Å². The van der Waals surface area contributed by atoms with Gasteiger partial charge in [-0.15, -0.1) is 0 Å². The zero-order valence-electron chi connectivity index (χ0n) is 21.1. The molecule has 0 unspecified atom stereocenters. The second-order valence-electron chi connectivity index (χ2n) is 10.8. The van der Waals surface area contributed by atoms with Crippen LogP contribution in [0.3, 0.4) is 0 Å². The molecule has 0 heterocycles. The van der Waals surface area contributed by atoms with E-state index in [-0.39, 0.29) is 22.5 Å². The van der Waals surface area contributed by atoms with Crippen LogP contribution >= 0.6 is 0 Å². The molecule has 0 bridgehead atoms. The molecule has 34 heavy (non-hydrogen) atoms. The van der Waals surface area contributed by atoms with Gasteiger partial charge in [-0.2, -0.15) is 0 Å². The topological polar surface area (TPSA) is 49.3 Å². The third-order valence-corrected chi connectivity index (χ3v) is 7.07. The molecule has 3 aromatic carbocycles. The number of phenols is 1. The van der Waals surface area contributed by atoms with E-state index in [0.29, 0.717) is 11.3 Å². The van der Waals surface area contributed by atoms with Crippen LogP contribution in [0.25, 0.3) is 11.6 Å². The third kappa shape index (κ3) is 4.65. The van der Waals surface area contributed by atoms with Crippen molar-refractivity contribution in [1.29, 1.82) is 0 Å². The molecule has 4 rings (SSSR count). The van der Waals surface area contributed by atoms with Crippen molar-refractivity contribution < 1.29 is 9.90 Å². The summed E-state index contributed by atoms with van der Waals surface area (Å²) in [4.78, 5) is 12.6. The first kappa shape index (κ1) is 23.8. The highest BCUT2D eigenvalue weighted by molar-refractivity contribution is 6.04. The van der Waals surface area contributed by atoms with Gasteiger partial charge in [0.2, 0.25) is 0 Å². The van der Waals surface area contributed by atoms with Crippen LogP contribution in [-0.4, -0.2) is 11.0 Å². The third-order valence-electron chi connectivity index (χ3n) is 7.07. The molecule has 0 radical (unpaired) electrons. The average Bonchev–Trinajstić information content (AvgIpc) is 2.97. The lowest BCUT2D eigenvalue weighted by molar-refractivity contribution is 0.102. The molecule has 0 atom stereocenters. The first-order valence-electron chi connectivity index (χ1n) is 12.1. The number of allylic oxidation sites excluding steroid dienone is 1. The standard InChI is InChI=1S/C31H35NO2/c1-7-22-17-27-28(31(5,6)19-30(27,3)4)18-26(22)20(2)16-21-8-10-23(11-9-21)29(34)32-24-12-14-25(33)15-13-24/h8-18,33H,7,19H2,1-6H3,(H,32,34)/b20-16+. The predicted molar refractivity (Wildman–Crippen MR) is 143 cm³/mol. The van der Waals surface area contributed by atoms with E-state index in [4.69, 9.17) is 0 Å². The number of aromatic hydroxyl groups is 1. The number of hydrogen-bond donors (Lipinski definition) is 2. The van der Waals surface area contributed by atoms with Crippen LogP contribution < -0.4 is 5.32 Å². The summed E-state index contributed by atoms with van der Waals surface area (Å²) in [7, 11) is 0. The number of anilines is 1. The molecular formula is C31H35NO2. The van der Waals surface area contributed by atoms with Crippen LogP contribution in [0.1, 0.15) is 86.1 Å². The molecule has 0 saturated heterocycles. The smallest absolute Gasteiger partial charge is 0.255 e. The van der Waals surface area contributed by atoms with Gasteiger partial charge in [-0.3, -0.25) is 4.79 Å². The average molecular weight is 454 g/mol. The van der Waals surface area contributed by atoms with E-state index in [0.717, 1.165) is 12.0 Å². The van der Waals surface area contributed by atoms with E-state index in [1.165, 1.54) is 34.2 Å². The molecule has 1 amide bonds. The Hall–Kier alpha value is -3.33. The molecule has 3 heteroatoms. The fourth-order valence-corrected chi connectivity index (χ4v) is 5.53. The number of amides is 1. The summed E-state index contributed by atoms with van der Waals surface area (Å²) >= 11 is 0. The van der Waals surface area contributed by atoms with Gasteiger partial charge in [-0.25, -0.2) is 0 Å². The van der Waals surface area contributed by atoms with Gasteiger partial charge in [0.05, 0.1) is 0 Å². The van der Waals surface area contributed by atoms with Crippen molar-refractivity contribution >= 4 is 23.2 Å². The van der Waals surface area contributed by atoms with Crippen LogP contribution in [0.2, 0.25) is 0 Å². The van der Waals surface area contributed by atoms with Gasteiger partial charge in [0.25, 0.3) is 5.91 Å². The number of carbonyl (C=O) groups excluding carboxylic acids is 1. The Morgan fingerprint density at radius 1 is 0.941 bits per heavy atom. The highest BCUT2D eigenvalue weighted by Crippen LogP contribution is 2.50. The Morgan fingerprint density at radius 3 is 2.12 bits per heavy atom. The maximum atomic E-state index is 12.6. The fraction of sp³-hybridized carbons (Fsp3) is 0.323. The van der Waals surface area contributed by atoms with Crippen LogP contribution in [-0.2, 0) is 17.3 Å². The Morgan fingerprint density at radius 2 is 1.53 bits per heavy atom. The van der Waals surface area contributed by atoms with E-state index in [9.17, 15) is 9.90 Å². The zero-order chi connectivity index (χ0) is 24.7. The van der Waals surface area contributed by atoms with Gasteiger partial charge in [0.1, 0.15) is 5.75 Å². The molecule has 0 aromatic heterocycles. The summed E-state index contributed by atoms with van der Waals surface area (Å²) in [6, 6.07) is 19.0. The fourth-order valence-electron chi connectivity index (χ4n) is 5.53. The van der Waals surface area contributed by atoms with Crippen molar-refractivity contribution in [2.45, 2.75) is 65.2 Å². The number of rotatable bonds is 5.